The van der Waals surface area contributed by atoms with Crippen LogP contribution in [0.2, 0.25) is 0 Å². The summed E-state index contributed by atoms with van der Waals surface area (Å²) in [6.07, 6.45) is 2.32. The third kappa shape index (κ3) is 3.66. The summed E-state index contributed by atoms with van der Waals surface area (Å²) in [6.45, 7) is 4.90. The van der Waals surface area contributed by atoms with Crippen molar-refractivity contribution in [2.75, 3.05) is 50.8 Å². The van der Waals surface area contributed by atoms with Crippen molar-refractivity contribution in [2.24, 2.45) is 0 Å². The summed E-state index contributed by atoms with van der Waals surface area (Å²) >= 11 is 0. The minimum Gasteiger partial charge on any atom is -0.495 e. The normalized spacial score (nSPS) is 18.7. The van der Waals surface area contributed by atoms with E-state index < -0.39 is 0 Å². The zero-order valence-electron chi connectivity index (χ0n) is 19.2. The van der Waals surface area contributed by atoms with E-state index in [4.69, 9.17) is 24.2 Å². The molecule has 0 N–H and O–H groups in total. The maximum atomic E-state index is 5.60. The predicted molar refractivity (Wildman–Crippen MR) is 127 cm³/mol. The molecule has 1 aliphatic heterocycles. The number of nitrogens with zero attached hydrogens (tertiary/aromatic N) is 4. The number of ether oxygens (including phenoxy) is 3. The molecule has 1 aliphatic carbocycles. The van der Waals surface area contributed by atoms with Gasteiger partial charge in [-0.2, -0.15) is 0 Å². The summed E-state index contributed by atoms with van der Waals surface area (Å²) in [5.41, 5.74) is 2.05. The molecule has 2 heterocycles. The van der Waals surface area contributed by atoms with Crippen LogP contribution >= 0.6 is 0 Å². The first kappa shape index (κ1) is 20.7. The third-order valence-electron chi connectivity index (χ3n) is 6.47. The second kappa shape index (κ2) is 8.37. The van der Waals surface area contributed by atoms with Gasteiger partial charge in [-0.1, -0.05) is 12.1 Å². The lowest BCUT2D eigenvalue weighted by Gasteiger charge is -2.42. The van der Waals surface area contributed by atoms with E-state index in [0.29, 0.717) is 17.4 Å². The first-order chi connectivity index (χ1) is 15.6. The molecule has 0 spiro atoms. The highest BCUT2D eigenvalue weighted by atomic mass is 16.5. The maximum Gasteiger partial charge on any atom is 0.162 e. The van der Waals surface area contributed by atoms with Gasteiger partial charge in [0.2, 0.25) is 0 Å². The van der Waals surface area contributed by atoms with E-state index in [2.05, 4.69) is 28.9 Å². The van der Waals surface area contributed by atoms with Crippen LogP contribution in [0.15, 0.2) is 36.4 Å². The highest BCUT2D eigenvalue weighted by Gasteiger charge is 2.32. The minimum atomic E-state index is 0.270. The summed E-state index contributed by atoms with van der Waals surface area (Å²) in [4.78, 5) is 14.8. The van der Waals surface area contributed by atoms with E-state index in [-0.39, 0.29) is 6.04 Å². The summed E-state index contributed by atoms with van der Waals surface area (Å²) < 4.78 is 16.7. The molecule has 168 valence electrons. The lowest BCUT2D eigenvalue weighted by Crippen LogP contribution is -2.52. The molecule has 3 aromatic rings. The molecule has 5 rings (SSSR count). The molecule has 1 saturated carbocycles. The van der Waals surface area contributed by atoms with Gasteiger partial charge in [0.1, 0.15) is 17.4 Å². The van der Waals surface area contributed by atoms with Crippen molar-refractivity contribution in [3.05, 3.63) is 42.2 Å². The van der Waals surface area contributed by atoms with Gasteiger partial charge in [-0.25, -0.2) is 9.97 Å². The van der Waals surface area contributed by atoms with Crippen molar-refractivity contribution in [2.45, 2.75) is 31.7 Å². The minimum absolute atomic E-state index is 0.270. The fraction of sp³-hybridized carbons (Fsp3) is 0.440. The van der Waals surface area contributed by atoms with Crippen LogP contribution in [0, 0.1) is 0 Å². The summed E-state index contributed by atoms with van der Waals surface area (Å²) in [7, 11) is 5.05. The average Bonchev–Trinajstić information content (AvgIpc) is 3.68. The summed E-state index contributed by atoms with van der Waals surface area (Å²) in [5, 5.41) is 1.00. The maximum absolute atomic E-state index is 5.60. The zero-order valence-corrected chi connectivity index (χ0v) is 19.2. The molecule has 1 saturated heterocycles. The number of hydrogen-bond donors (Lipinski definition) is 0. The molecule has 32 heavy (non-hydrogen) atoms. The molecule has 7 heteroatoms. The van der Waals surface area contributed by atoms with Gasteiger partial charge in [0, 0.05) is 43.0 Å². The summed E-state index contributed by atoms with van der Waals surface area (Å²) in [5.74, 6) is 4.71. The molecule has 0 amide bonds. The van der Waals surface area contributed by atoms with Crippen molar-refractivity contribution >= 4 is 22.4 Å². The molecule has 1 aromatic heterocycles. The van der Waals surface area contributed by atoms with E-state index in [1.165, 1.54) is 0 Å². The van der Waals surface area contributed by atoms with Crippen LogP contribution in [0.3, 0.4) is 0 Å². The Morgan fingerprint density at radius 2 is 1.59 bits per heavy atom. The fourth-order valence-electron chi connectivity index (χ4n) is 4.58. The van der Waals surface area contributed by atoms with E-state index in [1.54, 1.807) is 21.3 Å². The van der Waals surface area contributed by atoms with Crippen molar-refractivity contribution in [3.63, 3.8) is 0 Å². The van der Waals surface area contributed by atoms with Gasteiger partial charge in [0.25, 0.3) is 0 Å². The van der Waals surface area contributed by atoms with Crippen molar-refractivity contribution < 1.29 is 14.2 Å². The third-order valence-corrected chi connectivity index (χ3v) is 6.47. The van der Waals surface area contributed by atoms with Gasteiger partial charge in [-0.05, 0) is 38.0 Å². The molecule has 2 aromatic carbocycles. The Labute approximate surface area is 188 Å². The monoisotopic (exact) mass is 434 g/mol. The quantitative estimate of drug-likeness (QED) is 0.575. The Hall–Kier alpha value is -3.22. The number of hydrogen-bond acceptors (Lipinski definition) is 7. The van der Waals surface area contributed by atoms with Crippen LogP contribution in [0.1, 0.15) is 31.5 Å². The number of benzene rings is 2. The van der Waals surface area contributed by atoms with Crippen LogP contribution in [-0.2, 0) is 0 Å². The number of rotatable bonds is 6. The fourth-order valence-corrected chi connectivity index (χ4v) is 4.58. The first-order valence-electron chi connectivity index (χ1n) is 11.2. The van der Waals surface area contributed by atoms with Gasteiger partial charge < -0.3 is 24.0 Å². The Morgan fingerprint density at radius 1 is 0.875 bits per heavy atom. The average molecular weight is 435 g/mol. The largest absolute Gasteiger partial charge is 0.495 e. The van der Waals surface area contributed by atoms with Gasteiger partial charge in [-0.15, -0.1) is 0 Å². The molecule has 1 unspecified atom stereocenters. The number of piperazine rings is 1. The first-order valence-corrected chi connectivity index (χ1v) is 11.2. The van der Waals surface area contributed by atoms with Crippen LogP contribution in [0.25, 0.3) is 10.9 Å². The Balaban J connectivity index is 1.52. The summed E-state index contributed by atoms with van der Waals surface area (Å²) in [6, 6.07) is 12.5. The molecule has 2 fully saturated rings. The van der Waals surface area contributed by atoms with Crippen molar-refractivity contribution in [1.82, 2.24) is 9.97 Å². The second-order valence-electron chi connectivity index (χ2n) is 8.56. The van der Waals surface area contributed by atoms with Gasteiger partial charge >= 0.3 is 0 Å². The smallest absolute Gasteiger partial charge is 0.162 e. The van der Waals surface area contributed by atoms with Crippen molar-refractivity contribution in [3.8, 4) is 17.2 Å². The highest BCUT2D eigenvalue weighted by Crippen LogP contribution is 2.42. The molecule has 0 bridgehead atoms. The molecule has 7 nitrogen and oxygen atoms in total. The molecule has 2 aliphatic rings. The number of para-hydroxylation sites is 2. The van der Waals surface area contributed by atoms with E-state index >= 15 is 0 Å². The van der Waals surface area contributed by atoms with Crippen molar-refractivity contribution in [1.29, 1.82) is 0 Å². The Kier molecular flexibility index (Phi) is 5.41. The molecular weight excluding hydrogens is 404 g/mol. The molecule has 1 atom stereocenters. The number of fused-ring (bicyclic) bond motifs is 1. The molecular formula is C25H30N4O3. The lowest BCUT2D eigenvalue weighted by molar-refractivity contribution is 0.355. The lowest BCUT2D eigenvalue weighted by atomic mass is 10.1. The van der Waals surface area contributed by atoms with Gasteiger partial charge in [0.05, 0.1) is 32.5 Å². The second-order valence-corrected chi connectivity index (χ2v) is 8.56. The van der Waals surface area contributed by atoms with Crippen LogP contribution < -0.4 is 24.0 Å². The predicted octanol–water partition coefficient (Wildman–Crippen LogP) is 4.25. The van der Waals surface area contributed by atoms with E-state index in [0.717, 1.165) is 66.5 Å². The number of aromatic nitrogens is 2. The van der Waals surface area contributed by atoms with Crippen LogP contribution in [-0.4, -0.2) is 57.0 Å². The number of anilines is 2. The molecule has 0 radical (unpaired) electrons. The standard InChI is InChI=1S/C25H30N4O3/c1-16-15-28(20-7-5-6-8-21(20)30-2)11-12-29(16)25-18-13-22(31-3)23(32-4)14-19(18)26-24(27-25)17-9-10-17/h5-8,13-14,16-17H,9-12,15H2,1-4H3. The Morgan fingerprint density at radius 3 is 2.28 bits per heavy atom. The number of methoxy groups -OCH3 is 3. The van der Waals surface area contributed by atoms with E-state index in [1.807, 2.05) is 24.3 Å². The van der Waals surface area contributed by atoms with Crippen LogP contribution in [0.4, 0.5) is 11.5 Å². The SMILES string of the molecule is COc1cc2nc(C3CC3)nc(N3CCN(c4ccccc4OC)CC3C)c2cc1OC. The van der Waals surface area contributed by atoms with Gasteiger partial charge in [0.15, 0.2) is 11.5 Å². The highest BCUT2D eigenvalue weighted by molar-refractivity contribution is 5.92. The Bertz CT molecular complexity index is 1130. The van der Waals surface area contributed by atoms with Crippen LogP contribution in [0.5, 0.6) is 17.2 Å². The van der Waals surface area contributed by atoms with E-state index in [9.17, 15) is 0 Å². The zero-order chi connectivity index (χ0) is 22.2. The topological polar surface area (TPSA) is 60.0 Å². The van der Waals surface area contributed by atoms with Gasteiger partial charge in [-0.3, -0.25) is 0 Å².